The summed E-state index contributed by atoms with van der Waals surface area (Å²) in [5.74, 6) is 0.810. The molecule has 0 saturated carbocycles. The summed E-state index contributed by atoms with van der Waals surface area (Å²) < 4.78 is 11.8. The highest BCUT2D eigenvalue weighted by Crippen LogP contribution is 2.36. The quantitative estimate of drug-likeness (QED) is 0.829. The summed E-state index contributed by atoms with van der Waals surface area (Å²) >= 11 is 0. The molecular weight excluding hydrogens is 242 g/mol. The zero-order valence-corrected chi connectivity index (χ0v) is 11.4. The first kappa shape index (κ1) is 12.8. The van der Waals surface area contributed by atoms with Gasteiger partial charge in [-0.2, -0.15) is 0 Å². The van der Waals surface area contributed by atoms with Gasteiger partial charge in [-0.15, -0.1) is 0 Å². The van der Waals surface area contributed by atoms with Crippen molar-refractivity contribution in [2.45, 2.75) is 37.9 Å². The Labute approximate surface area is 113 Å². The molecule has 2 aliphatic heterocycles. The Kier molecular flexibility index (Phi) is 3.66. The molecule has 19 heavy (non-hydrogen) atoms. The lowest BCUT2D eigenvalue weighted by Crippen LogP contribution is -2.48. The van der Waals surface area contributed by atoms with Gasteiger partial charge < -0.3 is 14.4 Å². The van der Waals surface area contributed by atoms with E-state index in [0.29, 0.717) is 0 Å². The molecule has 0 aliphatic carbocycles. The summed E-state index contributed by atoms with van der Waals surface area (Å²) in [4.78, 5) is 10.9. The van der Waals surface area contributed by atoms with Crippen LogP contribution in [-0.2, 0) is 9.47 Å². The van der Waals surface area contributed by atoms with Crippen LogP contribution in [0.4, 0.5) is 5.95 Å². The zero-order valence-electron chi connectivity index (χ0n) is 11.4. The second-order valence-corrected chi connectivity index (χ2v) is 5.35. The van der Waals surface area contributed by atoms with E-state index in [2.05, 4.69) is 14.9 Å². The maximum Gasteiger partial charge on any atom is 0.225 e. The van der Waals surface area contributed by atoms with Crippen molar-refractivity contribution >= 4 is 5.95 Å². The number of ether oxygens (including phenoxy) is 2. The van der Waals surface area contributed by atoms with Crippen molar-refractivity contribution < 1.29 is 9.47 Å². The van der Waals surface area contributed by atoms with E-state index in [-0.39, 0.29) is 11.7 Å². The van der Waals surface area contributed by atoms with Crippen LogP contribution in [0.2, 0.25) is 0 Å². The first-order chi connectivity index (χ1) is 9.31. The Balaban J connectivity index is 1.69. The van der Waals surface area contributed by atoms with Crippen LogP contribution in [-0.4, -0.2) is 48.0 Å². The fraction of sp³-hybridized carbons (Fsp3) is 0.714. The summed E-state index contributed by atoms with van der Waals surface area (Å²) in [7, 11) is 0. The molecule has 5 nitrogen and oxygen atoms in total. The smallest absolute Gasteiger partial charge is 0.225 e. The molecule has 0 bridgehead atoms. The van der Waals surface area contributed by atoms with Crippen molar-refractivity contribution in [3.63, 3.8) is 0 Å². The molecule has 104 valence electrons. The average molecular weight is 263 g/mol. The molecule has 2 atom stereocenters. The van der Waals surface area contributed by atoms with Crippen molar-refractivity contribution in [1.82, 2.24) is 9.97 Å². The fourth-order valence-electron chi connectivity index (χ4n) is 3.15. The van der Waals surface area contributed by atoms with Crippen molar-refractivity contribution in [3.05, 3.63) is 18.5 Å². The second kappa shape index (κ2) is 5.43. The van der Waals surface area contributed by atoms with Crippen LogP contribution >= 0.6 is 0 Å². The van der Waals surface area contributed by atoms with Crippen LogP contribution in [0.15, 0.2) is 18.5 Å². The minimum Gasteiger partial charge on any atom is -0.376 e. The van der Waals surface area contributed by atoms with Gasteiger partial charge in [-0.25, -0.2) is 9.97 Å². The third-order valence-electron chi connectivity index (χ3n) is 3.95. The molecule has 2 fully saturated rings. The van der Waals surface area contributed by atoms with Gasteiger partial charge in [0.2, 0.25) is 5.95 Å². The Morgan fingerprint density at radius 2 is 2.32 bits per heavy atom. The van der Waals surface area contributed by atoms with E-state index in [0.717, 1.165) is 51.5 Å². The van der Waals surface area contributed by atoms with Crippen LogP contribution < -0.4 is 4.90 Å². The van der Waals surface area contributed by atoms with Crippen molar-refractivity contribution in [1.29, 1.82) is 0 Å². The first-order valence-corrected chi connectivity index (χ1v) is 7.09. The molecule has 0 radical (unpaired) electrons. The van der Waals surface area contributed by atoms with Crippen LogP contribution in [0.25, 0.3) is 0 Å². The lowest BCUT2D eigenvalue weighted by molar-refractivity contribution is -0.0119. The van der Waals surface area contributed by atoms with Gasteiger partial charge in [-0.3, -0.25) is 0 Å². The number of piperidine rings is 1. The number of nitrogens with zero attached hydrogens (tertiary/aromatic N) is 3. The minimum absolute atomic E-state index is 0.0582. The molecule has 0 aromatic carbocycles. The molecule has 2 saturated heterocycles. The molecule has 3 heterocycles. The highest BCUT2D eigenvalue weighted by atomic mass is 16.6. The molecule has 0 amide bonds. The Morgan fingerprint density at radius 3 is 3.11 bits per heavy atom. The topological polar surface area (TPSA) is 47.5 Å². The monoisotopic (exact) mass is 263 g/mol. The van der Waals surface area contributed by atoms with E-state index in [1.54, 1.807) is 12.4 Å². The molecule has 1 aromatic rings. The number of hydrogen-bond donors (Lipinski definition) is 0. The highest BCUT2D eigenvalue weighted by Gasteiger charge is 2.44. The van der Waals surface area contributed by atoms with Crippen LogP contribution in [0, 0.1) is 0 Å². The standard InChI is InChI=1S/C14H21N3O2/c1-2-18-12-9-14(19-10-12)5-3-8-17(11-14)13-15-6-4-7-16-13/h4,6-7,12H,2-3,5,8-11H2,1H3/t12-,14+/m1/s1. The Morgan fingerprint density at radius 1 is 1.47 bits per heavy atom. The van der Waals surface area contributed by atoms with Gasteiger partial charge in [-0.1, -0.05) is 0 Å². The van der Waals surface area contributed by atoms with Crippen LogP contribution in [0.5, 0.6) is 0 Å². The minimum atomic E-state index is -0.0582. The van der Waals surface area contributed by atoms with E-state index in [9.17, 15) is 0 Å². The summed E-state index contributed by atoms with van der Waals surface area (Å²) in [6.45, 7) is 5.40. The predicted octanol–water partition coefficient (Wildman–Crippen LogP) is 1.64. The van der Waals surface area contributed by atoms with Gasteiger partial charge in [0, 0.05) is 38.5 Å². The average Bonchev–Trinajstić information content (AvgIpc) is 2.83. The molecule has 5 heteroatoms. The van der Waals surface area contributed by atoms with Gasteiger partial charge in [0.15, 0.2) is 0 Å². The van der Waals surface area contributed by atoms with Crippen molar-refractivity contribution in [3.8, 4) is 0 Å². The van der Waals surface area contributed by atoms with E-state index in [4.69, 9.17) is 9.47 Å². The van der Waals surface area contributed by atoms with Crippen molar-refractivity contribution in [2.75, 3.05) is 31.2 Å². The SMILES string of the molecule is CCO[C@H]1CO[C@@]2(CCCN(c3ncccn3)C2)C1. The van der Waals surface area contributed by atoms with E-state index in [1.807, 2.05) is 13.0 Å². The molecule has 0 unspecified atom stereocenters. The van der Waals surface area contributed by atoms with Gasteiger partial charge >= 0.3 is 0 Å². The molecular formula is C14H21N3O2. The van der Waals surface area contributed by atoms with Gasteiger partial charge in [0.25, 0.3) is 0 Å². The van der Waals surface area contributed by atoms with E-state index < -0.39 is 0 Å². The van der Waals surface area contributed by atoms with Crippen LogP contribution in [0.1, 0.15) is 26.2 Å². The zero-order chi connectivity index (χ0) is 13.1. The molecule has 0 N–H and O–H groups in total. The maximum absolute atomic E-state index is 6.08. The van der Waals surface area contributed by atoms with Gasteiger partial charge in [0.1, 0.15) is 0 Å². The van der Waals surface area contributed by atoms with E-state index in [1.165, 1.54) is 0 Å². The predicted molar refractivity (Wildman–Crippen MR) is 72.2 cm³/mol. The summed E-state index contributed by atoms with van der Waals surface area (Å²) in [6, 6.07) is 1.85. The summed E-state index contributed by atoms with van der Waals surface area (Å²) in [6.07, 6.45) is 7.06. The number of anilines is 1. The molecule has 3 rings (SSSR count). The van der Waals surface area contributed by atoms with Crippen LogP contribution in [0.3, 0.4) is 0 Å². The number of hydrogen-bond acceptors (Lipinski definition) is 5. The lowest BCUT2D eigenvalue weighted by Gasteiger charge is -2.39. The third kappa shape index (κ3) is 2.72. The first-order valence-electron chi connectivity index (χ1n) is 7.09. The largest absolute Gasteiger partial charge is 0.376 e. The number of aromatic nitrogens is 2. The maximum atomic E-state index is 6.08. The second-order valence-electron chi connectivity index (χ2n) is 5.35. The molecule has 1 spiro atoms. The third-order valence-corrected chi connectivity index (χ3v) is 3.95. The van der Waals surface area contributed by atoms with Gasteiger partial charge in [-0.05, 0) is 25.8 Å². The summed E-state index contributed by atoms with van der Waals surface area (Å²) in [5, 5.41) is 0. The fourth-order valence-corrected chi connectivity index (χ4v) is 3.15. The normalized spacial score (nSPS) is 31.0. The Hall–Kier alpha value is -1.20. The van der Waals surface area contributed by atoms with E-state index >= 15 is 0 Å². The number of rotatable bonds is 3. The summed E-state index contributed by atoms with van der Waals surface area (Å²) in [5.41, 5.74) is -0.0582. The molecule has 1 aromatic heterocycles. The van der Waals surface area contributed by atoms with Crippen molar-refractivity contribution in [2.24, 2.45) is 0 Å². The molecule has 2 aliphatic rings. The van der Waals surface area contributed by atoms with Gasteiger partial charge in [0.05, 0.1) is 18.3 Å². The Bertz CT molecular complexity index is 414. The lowest BCUT2D eigenvalue weighted by atomic mass is 9.89. The highest BCUT2D eigenvalue weighted by molar-refractivity contribution is 5.31.